The van der Waals surface area contributed by atoms with E-state index in [1.54, 1.807) is 0 Å². The Morgan fingerprint density at radius 1 is 1.07 bits per heavy atom. The Labute approximate surface area is 239 Å². The average Bonchev–Trinajstić information content (AvgIpc) is 3.15. The summed E-state index contributed by atoms with van der Waals surface area (Å²) in [7, 11) is 0. The summed E-state index contributed by atoms with van der Waals surface area (Å²) in [5, 5.41) is 11.2. The highest BCUT2D eigenvalue weighted by Gasteiger charge is 2.35. The largest absolute Gasteiger partial charge is 0.481 e. The third-order valence-corrected chi connectivity index (χ3v) is 7.09. The first-order valence-corrected chi connectivity index (χ1v) is 12.9. The molecule has 1 saturated heterocycles. The molecule has 0 atom stereocenters. The number of benzene rings is 2. The van der Waals surface area contributed by atoms with Gasteiger partial charge in [-0.1, -0.05) is 36.1 Å². The van der Waals surface area contributed by atoms with E-state index >= 15 is 0 Å². The van der Waals surface area contributed by atoms with Crippen LogP contribution >= 0.6 is 24.0 Å². The SMILES string of the molecule is O=C(O)Cc1ccc(NC(=O)CCN2C(=O)C(=Cc3cccc(-c4ccc(F)c(C(F)(F)F)c4)n3)SC2=S)c(F)c1. The van der Waals surface area contributed by atoms with Crippen molar-refractivity contribution in [2.45, 2.75) is 19.0 Å². The number of thioether (sulfide) groups is 1. The van der Waals surface area contributed by atoms with Crippen molar-refractivity contribution in [1.82, 2.24) is 9.88 Å². The number of carboxylic acid groups (broad SMARTS) is 1. The fourth-order valence-corrected chi connectivity index (χ4v) is 5.09. The van der Waals surface area contributed by atoms with Crippen LogP contribution in [0.15, 0.2) is 59.5 Å². The van der Waals surface area contributed by atoms with Gasteiger partial charge in [0.1, 0.15) is 16.0 Å². The van der Waals surface area contributed by atoms with E-state index in [4.69, 9.17) is 17.3 Å². The van der Waals surface area contributed by atoms with Crippen molar-refractivity contribution in [1.29, 1.82) is 0 Å². The van der Waals surface area contributed by atoms with Crippen molar-refractivity contribution < 1.29 is 41.4 Å². The topological polar surface area (TPSA) is 99.6 Å². The van der Waals surface area contributed by atoms with Gasteiger partial charge in [-0.2, -0.15) is 13.2 Å². The summed E-state index contributed by atoms with van der Waals surface area (Å²) >= 11 is 6.19. The maximum absolute atomic E-state index is 14.2. The van der Waals surface area contributed by atoms with Gasteiger partial charge in [0.2, 0.25) is 5.91 Å². The Morgan fingerprint density at radius 3 is 2.51 bits per heavy atom. The number of alkyl halides is 3. The van der Waals surface area contributed by atoms with Crippen molar-refractivity contribution in [3.8, 4) is 11.3 Å². The predicted octanol–water partition coefficient (Wildman–Crippen LogP) is 5.90. The smallest absolute Gasteiger partial charge is 0.419 e. The first kappa shape index (κ1) is 29.8. The number of carbonyl (C=O) groups excluding carboxylic acids is 2. The Hall–Kier alpha value is -4.17. The van der Waals surface area contributed by atoms with Gasteiger partial charge in [-0.25, -0.2) is 13.8 Å². The summed E-state index contributed by atoms with van der Waals surface area (Å²) in [5.74, 6) is -4.48. The van der Waals surface area contributed by atoms with Crippen molar-refractivity contribution in [2.24, 2.45) is 0 Å². The summed E-state index contributed by atoms with van der Waals surface area (Å²) in [5.41, 5.74) is -0.962. The second kappa shape index (κ2) is 12.1. The lowest BCUT2D eigenvalue weighted by molar-refractivity contribution is -0.140. The number of pyridine rings is 1. The number of rotatable bonds is 8. The number of aliphatic carboxylic acids is 1. The number of amides is 2. The number of carbonyl (C=O) groups is 3. The number of hydrogen-bond donors (Lipinski definition) is 2. The van der Waals surface area contributed by atoms with E-state index in [1.807, 2.05) is 0 Å². The van der Waals surface area contributed by atoms with E-state index in [0.717, 1.165) is 23.9 Å². The van der Waals surface area contributed by atoms with Crippen molar-refractivity contribution in [2.75, 3.05) is 11.9 Å². The lowest BCUT2D eigenvalue weighted by Crippen LogP contribution is -2.31. The molecule has 0 saturated carbocycles. The highest BCUT2D eigenvalue weighted by Crippen LogP contribution is 2.35. The first-order valence-electron chi connectivity index (χ1n) is 11.7. The molecule has 3 aromatic rings. The van der Waals surface area contributed by atoms with E-state index in [0.29, 0.717) is 12.1 Å². The Kier molecular flexibility index (Phi) is 8.83. The second-order valence-electron chi connectivity index (χ2n) is 8.66. The second-order valence-corrected chi connectivity index (χ2v) is 10.3. The summed E-state index contributed by atoms with van der Waals surface area (Å²) in [6, 6.07) is 10.6. The Balaban J connectivity index is 1.42. The third kappa shape index (κ3) is 7.32. The lowest BCUT2D eigenvalue weighted by atomic mass is 10.1. The van der Waals surface area contributed by atoms with Crippen LogP contribution in [0.1, 0.15) is 23.2 Å². The zero-order valence-electron chi connectivity index (χ0n) is 20.7. The van der Waals surface area contributed by atoms with Gasteiger partial charge in [0.25, 0.3) is 5.91 Å². The molecule has 2 aromatic carbocycles. The number of nitrogens with zero attached hydrogens (tertiary/aromatic N) is 2. The van der Waals surface area contributed by atoms with E-state index in [1.165, 1.54) is 41.3 Å². The van der Waals surface area contributed by atoms with E-state index < -0.39 is 41.2 Å². The van der Waals surface area contributed by atoms with Crippen LogP contribution in [0.25, 0.3) is 17.3 Å². The van der Waals surface area contributed by atoms with Gasteiger partial charge in [0, 0.05) is 18.5 Å². The Bertz CT molecular complexity index is 1590. The molecule has 2 amide bonds. The fourth-order valence-electron chi connectivity index (χ4n) is 3.79. The molecule has 7 nitrogen and oxygen atoms in total. The number of thiocarbonyl (C=S) groups is 1. The van der Waals surface area contributed by atoms with E-state index in [2.05, 4.69) is 10.3 Å². The summed E-state index contributed by atoms with van der Waals surface area (Å²) < 4.78 is 67.4. The van der Waals surface area contributed by atoms with Gasteiger partial charge in [0.05, 0.1) is 34.0 Å². The van der Waals surface area contributed by atoms with Crippen molar-refractivity contribution >= 4 is 57.8 Å². The summed E-state index contributed by atoms with van der Waals surface area (Å²) in [6.07, 6.45) is -4.09. The maximum atomic E-state index is 14.2. The molecule has 2 N–H and O–H groups in total. The molecule has 0 aliphatic carbocycles. The Morgan fingerprint density at radius 2 is 1.83 bits per heavy atom. The highest BCUT2D eigenvalue weighted by molar-refractivity contribution is 8.26. The van der Waals surface area contributed by atoms with E-state index in [9.17, 15) is 36.3 Å². The minimum Gasteiger partial charge on any atom is -0.481 e. The number of halogens is 5. The van der Waals surface area contributed by atoms with Crippen LogP contribution in [0.2, 0.25) is 0 Å². The molecule has 1 aliphatic rings. The predicted molar refractivity (Wildman–Crippen MR) is 145 cm³/mol. The van der Waals surface area contributed by atoms with Crippen LogP contribution in [0.4, 0.5) is 27.6 Å². The number of carboxylic acids is 1. The fraction of sp³-hybridized carbons (Fsp3) is 0.148. The molecular weight excluding hydrogens is 589 g/mol. The summed E-state index contributed by atoms with van der Waals surface area (Å²) in [4.78, 5) is 41.7. The number of hydrogen-bond acceptors (Lipinski definition) is 6. The molecular formula is C27H18F5N3O4S2. The van der Waals surface area contributed by atoms with Gasteiger partial charge >= 0.3 is 12.1 Å². The number of anilines is 1. The summed E-state index contributed by atoms with van der Waals surface area (Å²) in [6.45, 7) is -0.115. The van der Waals surface area contributed by atoms with Gasteiger partial charge < -0.3 is 10.4 Å². The average molecular weight is 608 g/mol. The molecule has 4 rings (SSSR count). The molecule has 0 bridgehead atoms. The molecule has 0 radical (unpaired) electrons. The zero-order valence-corrected chi connectivity index (χ0v) is 22.3. The van der Waals surface area contributed by atoms with Crippen LogP contribution in [0.3, 0.4) is 0 Å². The van der Waals surface area contributed by atoms with Crippen LogP contribution in [0.5, 0.6) is 0 Å². The van der Waals surface area contributed by atoms with Crippen LogP contribution in [0, 0.1) is 11.6 Å². The minimum atomic E-state index is -4.89. The number of aromatic nitrogens is 1. The highest BCUT2D eigenvalue weighted by atomic mass is 32.2. The minimum absolute atomic E-state index is 0.0282. The first-order chi connectivity index (χ1) is 19.3. The van der Waals surface area contributed by atoms with Gasteiger partial charge in [-0.15, -0.1) is 0 Å². The molecule has 0 spiro atoms. The van der Waals surface area contributed by atoms with Crippen LogP contribution < -0.4 is 5.32 Å². The molecule has 1 aromatic heterocycles. The normalized spacial score (nSPS) is 14.6. The standard InChI is InChI=1S/C27H18F5N3O4S2/c28-18-6-5-15(12-17(18)27(30,31)32)20-3-1-2-16(33-20)13-22-25(39)35(26(40)41-22)9-8-23(36)34-21-7-4-14(10-19(21)29)11-24(37)38/h1-7,10,12-13H,8-9,11H2,(H,34,36)(H,37,38). The van der Waals surface area contributed by atoms with Crippen molar-refractivity contribution in [3.63, 3.8) is 0 Å². The number of nitrogens with one attached hydrogen (secondary N) is 1. The molecule has 2 heterocycles. The molecule has 212 valence electrons. The molecule has 1 fully saturated rings. The zero-order chi connectivity index (χ0) is 29.9. The van der Waals surface area contributed by atoms with Crippen LogP contribution in [-0.2, 0) is 27.0 Å². The van der Waals surface area contributed by atoms with Crippen LogP contribution in [-0.4, -0.2) is 43.6 Å². The van der Waals surface area contributed by atoms with E-state index in [-0.39, 0.29) is 56.8 Å². The van der Waals surface area contributed by atoms with Gasteiger partial charge in [-0.05, 0) is 54.1 Å². The molecule has 14 heteroatoms. The third-order valence-electron chi connectivity index (χ3n) is 5.72. The quantitative estimate of drug-likeness (QED) is 0.187. The van der Waals surface area contributed by atoms with Gasteiger partial charge in [-0.3, -0.25) is 19.3 Å². The van der Waals surface area contributed by atoms with Gasteiger partial charge in [0.15, 0.2) is 0 Å². The molecule has 1 aliphatic heterocycles. The molecule has 41 heavy (non-hydrogen) atoms. The monoisotopic (exact) mass is 607 g/mol. The van der Waals surface area contributed by atoms with Crippen molar-refractivity contribution in [3.05, 3.63) is 88.0 Å². The molecule has 0 unspecified atom stereocenters. The maximum Gasteiger partial charge on any atom is 0.419 e. The lowest BCUT2D eigenvalue weighted by Gasteiger charge is -2.14.